The van der Waals surface area contributed by atoms with Crippen molar-refractivity contribution in [1.82, 2.24) is 0 Å². The van der Waals surface area contributed by atoms with Gasteiger partial charge in [-0.25, -0.2) is 8.42 Å². The Kier molecular flexibility index (Phi) is 4.50. The quantitative estimate of drug-likeness (QED) is 0.929. The van der Waals surface area contributed by atoms with Gasteiger partial charge >= 0.3 is 6.18 Å². The maximum atomic E-state index is 12.6. The van der Waals surface area contributed by atoms with Crippen LogP contribution in [-0.4, -0.2) is 26.5 Å². The van der Waals surface area contributed by atoms with Crippen LogP contribution >= 0.6 is 0 Å². The molecule has 0 aliphatic carbocycles. The Morgan fingerprint density at radius 3 is 2.37 bits per heavy atom. The van der Waals surface area contributed by atoms with Gasteiger partial charge in [0, 0.05) is 18.0 Å². The van der Waals surface area contributed by atoms with Crippen LogP contribution in [-0.2, 0) is 16.0 Å². The lowest BCUT2D eigenvalue weighted by atomic mass is 10.1. The molecule has 108 valence electrons. The molecule has 1 rings (SSSR count). The second kappa shape index (κ2) is 5.40. The molecule has 0 amide bonds. The summed E-state index contributed by atoms with van der Waals surface area (Å²) in [7, 11) is -3.18. The number of aryl methyl sites for hydroxylation is 1. The summed E-state index contributed by atoms with van der Waals surface area (Å²) in [6.45, 7) is 3.27. The lowest BCUT2D eigenvalue weighted by molar-refractivity contribution is -0.137. The third-order valence-electron chi connectivity index (χ3n) is 2.52. The zero-order valence-electron chi connectivity index (χ0n) is 10.9. The predicted octanol–water partition coefficient (Wildman–Crippen LogP) is 2.86. The highest BCUT2D eigenvalue weighted by molar-refractivity contribution is 7.90. The minimum Gasteiger partial charge on any atom is -0.381 e. The van der Waals surface area contributed by atoms with Gasteiger partial charge in [0.05, 0.1) is 11.3 Å². The van der Waals surface area contributed by atoms with E-state index in [1.54, 1.807) is 13.8 Å². The van der Waals surface area contributed by atoms with Crippen LogP contribution in [0.1, 0.15) is 18.1 Å². The summed E-state index contributed by atoms with van der Waals surface area (Å²) in [6, 6.07) is 2.89. The molecule has 1 atom stereocenters. The topological polar surface area (TPSA) is 46.2 Å². The van der Waals surface area contributed by atoms with E-state index in [1.165, 1.54) is 6.07 Å². The van der Waals surface area contributed by atoms with E-state index in [1.807, 2.05) is 0 Å². The maximum absolute atomic E-state index is 12.6. The standard InChI is InChI=1S/C12H16F3NO2S/c1-8-4-5-10(12(13,14)15)6-11(8)16-9(2)7-19(3,17)18/h4-6,9,16H,7H2,1-3H3. The molecule has 0 radical (unpaired) electrons. The average molecular weight is 295 g/mol. The maximum Gasteiger partial charge on any atom is 0.416 e. The summed E-state index contributed by atoms with van der Waals surface area (Å²) in [5.74, 6) is -0.136. The van der Waals surface area contributed by atoms with Gasteiger partial charge in [-0.2, -0.15) is 13.2 Å². The number of sulfone groups is 1. The van der Waals surface area contributed by atoms with Crippen LogP contribution in [0.2, 0.25) is 0 Å². The van der Waals surface area contributed by atoms with Crippen molar-refractivity contribution >= 4 is 15.5 Å². The summed E-state index contributed by atoms with van der Waals surface area (Å²) in [4.78, 5) is 0. The van der Waals surface area contributed by atoms with Crippen LogP contribution in [0.25, 0.3) is 0 Å². The minimum atomic E-state index is -4.41. The number of alkyl halides is 3. The normalized spacial score (nSPS) is 14.2. The molecule has 1 N–H and O–H groups in total. The zero-order chi connectivity index (χ0) is 14.8. The number of nitrogens with one attached hydrogen (secondary N) is 1. The van der Waals surface area contributed by atoms with Crippen molar-refractivity contribution in [1.29, 1.82) is 0 Å². The van der Waals surface area contributed by atoms with Crippen molar-refractivity contribution in [3.8, 4) is 0 Å². The molecule has 0 aliphatic heterocycles. The number of anilines is 1. The predicted molar refractivity (Wildman–Crippen MR) is 69.0 cm³/mol. The second-order valence-electron chi connectivity index (χ2n) is 4.67. The molecule has 0 spiro atoms. The second-order valence-corrected chi connectivity index (χ2v) is 6.85. The highest BCUT2D eigenvalue weighted by Gasteiger charge is 2.30. The molecule has 1 aromatic carbocycles. The van der Waals surface area contributed by atoms with Gasteiger partial charge in [-0.1, -0.05) is 6.07 Å². The number of halogens is 3. The third kappa shape index (κ3) is 5.10. The fraction of sp³-hybridized carbons (Fsp3) is 0.500. The Morgan fingerprint density at radius 1 is 1.32 bits per heavy atom. The van der Waals surface area contributed by atoms with Crippen molar-refractivity contribution in [3.05, 3.63) is 29.3 Å². The lowest BCUT2D eigenvalue weighted by Crippen LogP contribution is -2.25. The molecule has 7 heteroatoms. The Morgan fingerprint density at radius 2 is 1.89 bits per heavy atom. The number of benzene rings is 1. The van der Waals surface area contributed by atoms with Crippen LogP contribution in [0.4, 0.5) is 18.9 Å². The van der Waals surface area contributed by atoms with Crippen molar-refractivity contribution in [3.63, 3.8) is 0 Å². The molecular weight excluding hydrogens is 279 g/mol. The SMILES string of the molecule is Cc1ccc(C(F)(F)F)cc1NC(C)CS(C)(=O)=O. The van der Waals surface area contributed by atoms with Crippen LogP contribution in [0.15, 0.2) is 18.2 Å². The first-order valence-corrected chi connectivity index (χ1v) is 7.67. The van der Waals surface area contributed by atoms with Gasteiger partial charge in [-0.3, -0.25) is 0 Å². The molecule has 0 saturated heterocycles. The van der Waals surface area contributed by atoms with Gasteiger partial charge in [-0.05, 0) is 31.5 Å². The van der Waals surface area contributed by atoms with Crippen molar-refractivity contribution < 1.29 is 21.6 Å². The summed E-state index contributed by atoms with van der Waals surface area (Å²) >= 11 is 0. The first-order chi connectivity index (χ1) is 8.49. The molecule has 3 nitrogen and oxygen atoms in total. The van der Waals surface area contributed by atoms with Gasteiger partial charge in [0.2, 0.25) is 0 Å². The first-order valence-electron chi connectivity index (χ1n) is 5.61. The molecule has 0 saturated carbocycles. The van der Waals surface area contributed by atoms with Crippen LogP contribution in [0.5, 0.6) is 0 Å². The highest BCUT2D eigenvalue weighted by atomic mass is 32.2. The summed E-state index contributed by atoms with van der Waals surface area (Å²) in [6.07, 6.45) is -3.33. The first kappa shape index (κ1) is 15.8. The van der Waals surface area contributed by atoms with Gasteiger partial charge in [0.15, 0.2) is 0 Å². The summed E-state index contributed by atoms with van der Waals surface area (Å²) in [5, 5.41) is 2.80. The molecule has 1 unspecified atom stereocenters. The van der Waals surface area contributed by atoms with Crippen molar-refractivity contribution in [2.75, 3.05) is 17.3 Å². The van der Waals surface area contributed by atoms with E-state index in [4.69, 9.17) is 0 Å². The lowest BCUT2D eigenvalue weighted by Gasteiger charge is -2.18. The molecule has 19 heavy (non-hydrogen) atoms. The molecule has 0 fully saturated rings. The average Bonchev–Trinajstić information content (AvgIpc) is 2.16. The molecule has 0 heterocycles. The van der Waals surface area contributed by atoms with Crippen molar-refractivity contribution in [2.24, 2.45) is 0 Å². The Balaban J connectivity index is 2.95. The zero-order valence-corrected chi connectivity index (χ0v) is 11.7. The molecule has 0 aliphatic rings. The smallest absolute Gasteiger partial charge is 0.381 e. The fourth-order valence-corrected chi connectivity index (χ4v) is 2.71. The van der Waals surface area contributed by atoms with E-state index in [0.29, 0.717) is 11.3 Å². The van der Waals surface area contributed by atoms with Gasteiger partial charge in [0.1, 0.15) is 9.84 Å². The van der Waals surface area contributed by atoms with Crippen LogP contribution in [0, 0.1) is 6.92 Å². The van der Waals surface area contributed by atoms with Gasteiger partial charge in [0.25, 0.3) is 0 Å². The van der Waals surface area contributed by atoms with E-state index < -0.39 is 27.6 Å². The third-order valence-corrected chi connectivity index (χ3v) is 3.63. The Hall–Kier alpha value is -1.24. The van der Waals surface area contributed by atoms with Gasteiger partial charge in [-0.15, -0.1) is 0 Å². The minimum absolute atomic E-state index is 0.136. The van der Waals surface area contributed by atoms with E-state index in [0.717, 1.165) is 18.4 Å². The number of hydrogen-bond donors (Lipinski definition) is 1. The fourth-order valence-electron chi connectivity index (χ4n) is 1.72. The molecule has 0 aromatic heterocycles. The van der Waals surface area contributed by atoms with E-state index in [9.17, 15) is 21.6 Å². The monoisotopic (exact) mass is 295 g/mol. The molecule has 1 aromatic rings. The van der Waals surface area contributed by atoms with E-state index in [-0.39, 0.29) is 5.75 Å². The Bertz CT molecular complexity index is 553. The van der Waals surface area contributed by atoms with Gasteiger partial charge < -0.3 is 5.32 Å². The molecular formula is C12H16F3NO2S. The highest BCUT2D eigenvalue weighted by Crippen LogP contribution is 2.32. The van der Waals surface area contributed by atoms with E-state index >= 15 is 0 Å². The summed E-state index contributed by atoms with van der Waals surface area (Å²) in [5.41, 5.74) is 0.173. The van der Waals surface area contributed by atoms with Crippen molar-refractivity contribution in [2.45, 2.75) is 26.1 Å². The number of rotatable bonds is 4. The number of hydrogen-bond acceptors (Lipinski definition) is 3. The molecule has 0 bridgehead atoms. The Labute approximate surface area is 110 Å². The van der Waals surface area contributed by atoms with E-state index in [2.05, 4.69) is 5.32 Å². The van der Waals surface area contributed by atoms with Crippen LogP contribution < -0.4 is 5.32 Å². The van der Waals surface area contributed by atoms with Crippen LogP contribution in [0.3, 0.4) is 0 Å². The largest absolute Gasteiger partial charge is 0.416 e. The summed E-state index contributed by atoms with van der Waals surface area (Å²) < 4.78 is 60.0.